The van der Waals surface area contributed by atoms with Gasteiger partial charge in [-0.1, -0.05) is 34.6 Å². The molecule has 1 rings (SSSR count). The van der Waals surface area contributed by atoms with Crippen molar-refractivity contribution in [2.75, 3.05) is 12.4 Å². The molecule has 0 amide bonds. The Labute approximate surface area is 119 Å². The lowest BCUT2D eigenvalue weighted by Gasteiger charge is -2.24. The number of rotatable bonds is 5. The molecule has 1 N–H and O–H groups in total. The maximum Gasteiger partial charge on any atom is 0.144 e. The molecule has 0 spiro atoms. The lowest BCUT2D eigenvalue weighted by Crippen LogP contribution is -2.18. The van der Waals surface area contributed by atoms with Crippen molar-refractivity contribution in [2.24, 2.45) is 11.8 Å². The van der Waals surface area contributed by atoms with Crippen molar-refractivity contribution in [2.45, 2.75) is 47.0 Å². The Bertz CT molecular complexity index is 369. The second-order valence-electron chi connectivity index (χ2n) is 5.31. The normalized spacial score (nSPS) is 11.7. The number of anilines is 1. The van der Waals surface area contributed by atoms with Crippen LogP contribution in [0.5, 0.6) is 0 Å². The van der Waals surface area contributed by atoms with E-state index in [-0.39, 0.29) is 0 Å². The monoisotopic (exact) mass is 313 g/mol. The fourth-order valence-corrected chi connectivity index (χ4v) is 3.08. The zero-order chi connectivity index (χ0) is 13.9. The van der Waals surface area contributed by atoms with E-state index < -0.39 is 0 Å². The van der Waals surface area contributed by atoms with Crippen molar-refractivity contribution in [1.29, 1.82) is 0 Å². The van der Waals surface area contributed by atoms with Crippen LogP contribution in [0.3, 0.4) is 0 Å². The summed E-state index contributed by atoms with van der Waals surface area (Å²) in [6.45, 7) is 11.1. The maximum atomic E-state index is 4.74. The van der Waals surface area contributed by atoms with Crippen LogP contribution in [0, 0.1) is 11.8 Å². The van der Waals surface area contributed by atoms with E-state index in [4.69, 9.17) is 4.98 Å². The molecule has 0 aromatic carbocycles. The van der Waals surface area contributed by atoms with Crippen molar-refractivity contribution < 1.29 is 0 Å². The fourth-order valence-electron chi connectivity index (χ4n) is 2.43. The molecule has 0 bridgehead atoms. The Morgan fingerprint density at radius 3 is 2.06 bits per heavy atom. The molecule has 0 saturated carbocycles. The van der Waals surface area contributed by atoms with Crippen molar-refractivity contribution in [3.63, 3.8) is 0 Å². The second-order valence-corrected chi connectivity index (χ2v) is 6.10. The summed E-state index contributed by atoms with van der Waals surface area (Å²) in [4.78, 5) is 9.42. The Morgan fingerprint density at radius 1 is 1.11 bits per heavy atom. The van der Waals surface area contributed by atoms with Gasteiger partial charge in [-0.2, -0.15) is 0 Å². The largest absolute Gasteiger partial charge is 0.372 e. The van der Waals surface area contributed by atoms with Gasteiger partial charge in [-0.15, -0.1) is 0 Å². The molecule has 0 aliphatic carbocycles. The maximum absolute atomic E-state index is 4.74. The number of halogens is 1. The smallest absolute Gasteiger partial charge is 0.144 e. The molecule has 3 nitrogen and oxygen atoms in total. The van der Waals surface area contributed by atoms with Crippen LogP contribution in [0.25, 0.3) is 0 Å². The third-order valence-corrected chi connectivity index (χ3v) is 4.08. The van der Waals surface area contributed by atoms with Gasteiger partial charge in [-0.05, 0) is 34.2 Å². The minimum absolute atomic E-state index is 0.399. The molecule has 1 aromatic heterocycles. The Morgan fingerprint density at radius 2 is 1.67 bits per heavy atom. The summed E-state index contributed by atoms with van der Waals surface area (Å²) in [5.74, 6) is 3.34. The third kappa shape index (κ3) is 3.22. The number of nitrogens with zero attached hydrogens (tertiary/aromatic N) is 2. The molecule has 0 atom stereocenters. The molecule has 102 valence electrons. The first-order valence-corrected chi connectivity index (χ1v) is 7.45. The Balaban J connectivity index is 3.31. The van der Waals surface area contributed by atoms with Gasteiger partial charge in [0, 0.05) is 13.0 Å². The Hall–Kier alpha value is -0.640. The molecular formula is C14H24BrN3. The van der Waals surface area contributed by atoms with E-state index in [1.807, 2.05) is 7.05 Å². The average molecular weight is 314 g/mol. The molecule has 0 aliphatic heterocycles. The van der Waals surface area contributed by atoms with Crippen molar-refractivity contribution in [3.05, 3.63) is 16.0 Å². The molecule has 0 aliphatic rings. The molecule has 1 aromatic rings. The van der Waals surface area contributed by atoms with Gasteiger partial charge < -0.3 is 5.32 Å². The molecular weight excluding hydrogens is 290 g/mol. The molecule has 4 heteroatoms. The first kappa shape index (κ1) is 15.4. The predicted molar refractivity (Wildman–Crippen MR) is 81.1 cm³/mol. The number of aryl methyl sites for hydroxylation is 1. The van der Waals surface area contributed by atoms with E-state index in [9.17, 15) is 0 Å². The molecule has 18 heavy (non-hydrogen) atoms. The fraction of sp³-hybridized carbons (Fsp3) is 0.714. The molecule has 0 fully saturated rings. The van der Waals surface area contributed by atoms with Gasteiger partial charge in [-0.25, -0.2) is 9.97 Å². The van der Waals surface area contributed by atoms with Gasteiger partial charge in [0.1, 0.15) is 11.6 Å². The predicted octanol–water partition coefficient (Wildman–Crippen LogP) is 4.24. The van der Waals surface area contributed by atoms with Crippen LogP contribution in [0.4, 0.5) is 5.82 Å². The number of nitrogens with one attached hydrogen (secondary N) is 1. The lowest BCUT2D eigenvalue weighted by atomic mass is 9.85. The van der Waals surface area contributed by atoms with Crippen molar-refractivity contribution in [3.8, 4) is 0 Å². The molecule has 0 radical (unpaired) electrons. The topological polar surface area (TPSA) is 37.8 Å². The van der Waals surface area contributed by atoms with E-state index in [1.54, 1.807) is 0 Å². The van der Waals surface area contributed by atoms with Crippen LogP contribution < -0.4 is 5.32 Å². The molecule has 0 saturated heterocycles. The number of aromatic nitrogens is 2. The van der Waals surface area contributed by atoms with E-state index in [0.717, 1.165) is 28.2 Å². The van der Waals surface area contributed by atoms with Gasteiger partial charge >= 0.3 is 0 Å². The summed E-state index contributed by atoms with van der Waals surface area (Å²) in [6, 6.07) is 0. The highest BCUT2D eigenvalue weighted by Gasteiger charge is 2.24. The van der Waals surface area contributed by atoms with Crippen LogP contribution >= 0.6 is 15.9 Å². The number of hydrogen-bond acceptors (Lipinski definition) is 3. The standard InChI is InChI=1S/C14H24BrN3/c1-7-10-12(15)14(16-6)18-13(17-10)11(8(2)3)9(4)5/h8-9,11H,7H2,1-6H3,(H,16,17,18). The van der Waals surface area contributed by atoms with E-state index in [2.05, 4.69) is 60.8 Å². The highest BCUT2D eigenvalue weighted by atomic mass is 79.9. The van der Waals surface area contributed by atoms with Gasteiger partial charge in [-0.3, -0.25) is 0 Å². The second kappa shape index (κ2) is 6.50. The van der Waals surface area contributed by atoms with Crippen LogP contribution in [-0.4, -0.2) is 17.0 Å². The summed E-state index contributed by atoms with van der Waals surface area (Å²) in [5, 5.41) is 3.15. The first-order valence-electron chi connectivity index (χ1n) is 6.66. The summed E-state index contributed by atoms with van der Waals surface area (Å²) in [7, 11) is 1.90. The van der Waals surface area contributed by atoms with E-state index >= 15 is 0 Å². The van der Waals surface area contributed by atoms with Crippen LogP contribution in [0.15, 0.2) is 4.47 Å². The van der Waals surface area contributed by atoms with Gasteiger partial charge in [0.05, 0.1) is 10.2 Å². The minimum Gasteiger partial charge on any atom is -0.372 e. The molecule has 1 heterocycles. The highest BCUT2D eigenvalue weighted by Crippen LogP contribution is 2.33. The summed E-state index contributed by atoms with van der Waals surface area (Å²) < 4.78 is 0.988. The molecule has 0 unspecified atom stereocenters. The van der Waals surface area contributed by atoms with E-state index in [1.165, 1.54) is 0 Å². The lowest BCUT2D eigenvalue weighted by molar-refractivity contribution is 0.370. The summed E-state index contributed by atoms with van der Waals surface area (Å²) >= 11 is 3.57. The van der Waals surface area contributed by atoms with Crippen LogP contribution in [0.1, 0.15) is 52.1 Å². The van der Waals surface area contributed by atoms with Gasteiger partial charge in [0.25, 0.3) is 0 Å². The van der Waals surface area contributed by atoms with Crippen LogP contribution in [0.2, 0.25) is 0 Å². The quantitative estimate of drug-likeness (QED) is 0.883. The Kier molecular flexibility index (Phi) is 5.57. The summed E-state index contributed by atoms with van der Waals surface area (Å²) in [6.07, 6.45) is 0.910. The minimum atomic E-state index is 0.399. The average Bonchev–Trinajstić information content (AvgIpc) is 2.29. The zero-order valence-corrected chi connectivity index (χ0v) is 13.8. The third-order valence-electron chi connectivity index (χ3n) is 3.24. The SMILES string of the molecule is CCc1nc(C(C(C)C)C(C)C)nc(NC)c1Br. The van der Waals surface area contributed by atoms with Crippen LogP contribution in [-0.2, 0) is 6.42 Å². The van der Waals surface area contributed by atoms with Crippen molar-refractivity contribution >= 4 is 21.7 Å². The first-order chi connectivity index (χ1) is 8.42. The van der Waals surface area contributed by atoms with Gasteiger partial charge in [0.15, 0.2) is 0 Å². The highest BCUT2D eigenvalue weighted by molar-refractivity contribution is 9.10. The van der Waals surface area contributed by atoms with Gasteiger partial charge in [0.2, 0.25) is 0 Å². The zero-order valence-electron chi connectivity index (χ0n) is 12.2. The number of hydrogen-bond donors (Lipinski definition) is 1. The van der Waals surface area contributed by atoms with E-state index in [0.29, 0.717) is 17.8 Å². The summed E-state index contributed by atoms with van der Waals surface area (Å²) in [5.41, 5.74) is 1.08. The van der Waals surface area contributed by atoms with Crippen molar-refractivity contribution in [1.82, 2.24) is 9.97 Å².